The third-order valence-corrected chi connectivity index (χ3v) is 3.31. The van der Waals surface area contributed by atoms with Gasteiger partial charge in [-0.2, -0.15) is 13.2 Å². The third kappa shape index (κ3) is 6.57. The normalized spacial score (nSPS) is 12.2. The van der Waals surface area contributed by atoms with Crippen LogP contribution in [0.1, 0.15) is 32.8 Å². The molecule has 0 spiro atoms. The average molecular weight is 368 g/mol. The number of aliphatic hydroxyl groups excluding tert-OH is 1. The average Bonchev–Trinajstić information content (AvgIpc) is 2.40. The Morgan fingerprint density at radius 3 is 2.33 bits per heavy atom. The summed E-state index contributed by atoms with van der Waals surface area (Å²) in [6.07, 6.45) is -4.50. The number of ether oxygens (including phenoxy) is 1. The van der Waals surface area contributed by atoms with Gasteiger partial charge in [0.05, 0.1) is 23.6 Å². The monoisotopic (exact) mass is 367 g/mol. The number of carbonyl (C=O) groups is 1. The number of benzene rings is 1. The SMILES string of the molecule is CC(C)(C)OC(=O)CCN(CCO)c1ccc(C(F)(F)F)c(Cl)c1. The fraction of sp³-hybridized carbons (Fsp3) is 0.562. The summed E-state index contributed by atoms with van der Waals surface area (Å²) in [5, 5.41) is 8.70. The first-order chi connectivity index (χ1) is 10.9. The van der Waals surface area contributed by atoms with Gasteiger partial charge in [0, 0.05) is 18.8 Å². The van der Waals surface area contributed by atoms with Gasteiger partial charge in [0.15, 0.2) is 0 Å². The second-order valence-corrected chi connectivity index (χ2v) is 6.62. The standard InChI is InChI=1S/C16H21ClF3NO3/c1-15(2,3)24-14(23)6-7-21(8-9-22)11-4-5-12(13(17)10-11)16(18,19)20/h4-5,10,22H,6-9H2,1-3H3. The van der Waals surface area contributed by atoms with Gasteiger partial charge in [-0.25, -0.2) is 0 Å². The van der Waals surface area contributed by atoms with Gasteiger partial charge in [-0.15, -0.1) is 0 Å². The highest BCUT2D eigenvalue weighted by atomic mass is 35.5. The summed E-state index contributed by atoms with van der Waals surface area (Å²) >= 11 is 5.71. The largest absolute Gasteiger partial charge is 0.460 e. The van der Waals surface area contributed by atoms with Crippen LogP contribution in [0.25, 0.3) is 0 Å². The summed E-state index contributed by atoms with van der Waals surface area (Å²) in [6.45, 7) is 5.36. The Bertz CT molecular complexity index is 571. The van der Waals surface area contributed by atoms with Gasteiger partial charge in [-0.05, 0) is 39.0 Å². The van der Waals surface area contributed by atoms with E-state index in [1.165, 1.54) is 12.1 Å². The fourth-order valence-electron chi connectivity index (χ4n) is 2.04. The Labute approximate surface area is 144 Å². The van der Waals surface area contributed by atoms with Crippen molar-refractivity contribution in [3.8, 4) is 0 Å². The number of alkyl halides is 3. The summed E-state index contributed by atoms with van der Waals surface area (Å²) in [5.41, 5.74) is -1.15. The van der Waals surface area contributed by atoms with Gasteiger partial charge in [0.25, 0.3) is 0 Å². The van der Waals surface area contributed by atoms with Gasteiger partial charge < -0.3 is 14.7 Å². The van der Waals surface area contributed by atoms with Crippen molar-refractivity contribution in [1.29, 1.82) is 0 Å². The van der Waals surface area contributed by atoms with E-state index in [0.29, 0.717) is 5.69 Å². The van der Waals surface area contributed by atoms with Crippen molar-refractivity contribution in [2.45, 2.75) is 39.0 Å². The molecule has 0 heterocycles. The number of halogens is 4. The molecule has 0 unspecified atom stereocenters. The van der Waals surface area contributed by atoms with Gasteiger partial charge in [0.1, 0.15) is 5.60 Å². The molecule has 8 heteroatoms. The maximum absolute atomic E-state index is 12.7. The highest BCUT2D eigenvalue weighted by Gasteiger charge is 2.33. The molecule has 0 bridgehead atoms. The molecule has 0 aliphatic carbocycles. The fourth-order valence-corrected chi connectivity index (χ4v) is 2.32. The molecule has 1 aromatic rings. The molecule has 0 aromatic heterocycles. The zero-order chi connectivity index (χ0) is 18.5. The molecule has 4 nitrogen and oxygen atoms in total. The molecule has 0 fully saturated rings. The van der Waals surface area contributed by atoms with Gasteiger partial charge in [-0.3, -0.25) is 4.79 Å². The van der Waals surface area contributed by atoms with E-state index in [0.717, 1.165) is 6.07 Å². The van der Waals surface area contributed by atoms with Gasteiger partial charge in [0.2, 0.25) is 0 Å². The smallest absolute Gasteiger partial charge is 0.417 e. The predicted molar refractivity (Wildman–Crippen MR) is 86.2 cm³/mol. The van der Waals surface area contributed by atoms with Gasteiger partial charge >= 0.3 is 12.1 Å². The molecule has 0 atom stereocenters. The van der Waals surface area contributed by atoms with Crippen molar-refractivity contribution in [2.75, 3.05) is 24.6 Å². The molecule has 136 valence electrons. The number of esters is 1. The van der Waals surface area contributed by atoms with E-state index >= 15 is 0 Å². The van der Waals surface area contributed by atoms with Crippen LogP contribution in [0, 0.1) is 0 Å². The van der Waals surface area contributed by atoms with Crippen LogP contribution in [0.15, 0.2) is 18.2 Å². The number of hydrogen-bond donors (Lipinski definition) is 1. The second kappa shape index (κ2) is 8.07. The lowest BCUT2D eigenvalue weighted by atomic mass is 10.1. The number of aliphatic hydroxyl groups is 1. The number of carbonyl (C=O) groups excluding carboxylic acids is 1. The first-order valence-corrected chi connectivity index (χ1v) is 7.76. The molecule has 0 saturated heterocycles. The third-order valence-electron chi connectivity index (χ3n) is 3.00. The van der Waals surface area contributed by atoms with E-state index in [2.05, 4.69) is 0 Å². The minimum absolute atomic E-state index is 0.0376. The maximum Gasteiger partial charge on any atom is 0.417 e. The molecule has 1 rings (SSSR count). The van der Waals surface area contributed by atoms with Crippen molar-refractivity contribution in [1.82, 2.24) is 0 Å². The van der Waals surface area contributed by atoms with E-state index in [4.69, 9.17) is 21.4 Å². The second-order valence-electron chi connectivity index (χ2n) is 6.21. The Balaban J connectivity index is 2.85. The lowest BCUT2D eigenvalue weighted by Crippen LogP contribution is -2.31. The quantitative estimate of drug-likeness (QED) is 0.775. The first kappa shape index (κ1) is 20.6. The van der Waals surface area contributed by atoms with E-state index < -0.39 is 28.3 Å². The van der Waals surface area contributed by atoms with Crippen LogP contribution in [0.4, 0.5) is 18.9 Å². The van der Waals surface area contributed by atoms with Gasteiger partial charge in [-0.1, -0.05) is 11.6 Å². The zero-order valence-corrected chi connectivity index (χ0v) is 14.5. The van der Waals surface area contributed by atoms with Crippen LogP contribution in [0.5, 0.6) is 0 Å². The summed E-state index contributed by atoms with van der Waals surface area (Å²) in [4.78, 5) is 13.3. The van der Waals surface area contributed by atoms with Crippen LogP contribution in [-0.2, 0) is 15.7 Å². The Morgan fingerprint density at radius 1 is 1.25 bits per heavy atom. The predicted octanol–water partition coefficient (Wildman–Crippen LogP) is 3.89. The van der Waals surface area contributed by atoms with E-state index in [9.17, 15) is 18.0 Å². The maximum atomic E-state index is 12.7. The first-order valence-electron chi connectivity index (χ1n) is 7.38. The summed E-state index contributed by atoms with van der Waals surface area (Å²) in [7, 11) is 0. The lowest BCUT2D eigenvalue weighted by molar-refractivity contribution is -0.154. The summed E-state index contributed by atoms with van der Waals surface area (Å²) < 4.78 is 43.4. The number of hydrogen-bond acceptors (Lipinski definition) is 4. The number of anilines is 1. The molecule has 0 radical (unpaired) electrons. The molecule has 1 aromatic carbocycles. The zero-order valence-electron chi connectivity index (χ0n) is 13.8. The van der Waals surface area contributed by atoms with Crippen molar-refractivity contribution in [2.24, 2.45) is 0 Å². The summed E-state index contributed by atoms with van der Waals surface area (Å²) in [6, 6.07) is 3.32. The van der Waals surface area contributed by atoms with Crippen molar-refractivity contribution >= 4 is 23.3 Å². The number of nitrogens with zero attached hydrogens (tertiary/aromatic N) is 1. The van der Waals surface area contributed by atoms with E-state index in [1.54, 1.807) is 25.7 Å². The molecule has 24 heavy (non-hydrogen) atoms. The van der Waals surface area contributed by atoms with E-state index in [1.807, 2.05) is 0 Å². The molecular formula is C16H21ClF3NO3. The molecular weight excluding hydrogens is 347 g/mol. The molecule has 0 saturated carbocycles. The minimum atomic E-state index is -4.53. The highest BCUT2D eigenvalue weighted by molar-refractivity contribution is 6.31. The Morgan fingerprint density at radius 2 is 1.88 bits per heavy atom. The highest BCUT2D eigenvalue weighted by Crippen LogP contribution is 2.36. The minimum Gasteiger partial charge on any atom is -0.460 e. The van der Waals surface area contributed by atoms with Crippen LogP contribution >= 0.6 is 11.6 Å². The Kier molecular flexibility index (Phi) is 6.92. The van der Waals surface area contributed by atoms with Crippen molar-refractivity contribution in [3.63, 3.8) is 0 Å². The van der Waals surface area contributed by atoms with Crippen LogP contribution in [-0.4, -0.2) is 36.4 Å². The van der Waals surface area contributed by atoms with Crippen LogP contribution in [0.2, 0.25) is 5.02 Å². The van der Waals surface area contributed by atoms with Crippen molar-refractivity contribution < 1.29 is 27.8 Å². The lowest BCUT2D eigenvalue weighted by Gasteiger charge is -2.26. The molecule has 1 N–H and O–H groups in total. The Hall–Kier alpha value is -1.47. The molecule has 0 amide bonds. The van der Waals surface area contributed by atoms with Crippen molar-refractivity contribution in [3.05, 3.63) is 28.8 Å². The molecule has 0 aliphatic heterocycles. The summed E-state index contributed by atoms with van der Waals surface area (Å²) in [5.74, 6) is -0.427. The van der Waals surface area contributed by atoms with Crippen LogP contribution in [0.3, 0.4) is 0 Å². The topological polar surface area (TPSA) is 49.8 Å². The number of rotatable bonds is 6. The molecule has 0 aliphatic rings. The van der Waals surface area contributed by atoms with E-state index in [-0.39, 0.29) is 26.1 Å². The van der Waals surface area contributed by atoms with Crippen LogP contribution < -0.4 is 4.90 Å².